The molecule has 0 saturated carbocycles. The summed E-state index contributed by atoms with van der Waals surface area (Å²) >= 11 is 0. The summed E-state index contributed by atoms with van der Waals surface area (Å²) in [5.41, 5.74) is 2.32. The average Bonchev–Trinajstić information content (AvgIpc) is 2.21. The van der Waals surface area contributed by atoms with E-state index in [4.69, 9.17) is 4.84 Å². The molecule has 15 heavy (non-hydrogen) atoms. The van der Waals surface area contributed by atoms with Crippen molar-refractivity contribution in [3.63, 3.8) is 0 Å². The Morgan fingerprint density at radius 1 is 1.33 bits per heavy atom. The Morgan fingerprint density at radius 3 is 2.40 bits per heavy atom. The standard InChI is InChI=1S/C12H15NO2/c1-4-15-13-12(10(3)14)11-7-5-9(2)6-8-11/h5-8H,4H2,1-3H3/b13-12-. The maximum atomic E-state index is 11.3. The van der Waals surface area contributed by atoms with Crippen molar-refractivity contribution in [3.8, 4) is 0 Å². The molecule has 3 nitrogen and oxygen atoms in total. The molecule has 0 aliphatic rings. The highest BCUT2D eigenvalue weighted by Crippen LogP contribution is 2.06. The number of oxime groups is 1. The molecular weight excluding hydrogens is 190 g/mol. The SMILES string of the molecule is CCO/N=C(/C(C)=O)c1ccc(C)cc1. The highest BCUT2D eigenvalue weighted by molar-refractivity contribution is 6.45. The lowest BCUT2D eigenvalue weighted by atomic mass is 10.1. The molecule has 0 aromatic heterocycles. The molecule has 0 N–H and O–H groups in total. The lowest BCUT2D eigenvalue weighted by Crippen LogP contribution is -2.12. The summed E-state index contributed by atoms with van der Waals surface area (Å²) in [7, 11) is 0. The van der Waals surface area contributed by atoms with E-state index in [1.165, 1.54) is 6.92 Å². The van der Waals surface area contributed by atoms with Crippen LogP contribution in [-0.2, 0) is 9.63 Å². The van der Waals surface area contributed by atoms with Crippen molar-refractivity contribution >= 4 is 11.5 Å². The van der Waals surface area contributed by atoms with Gasteiger partial charge in [0.25, 0.3) is 0 Å². The van der Waals surface area contributed by atoms with Crippen molar-refractivity contribution in [2.45, 2.75) is 20.8 Å². The first-order valence-electron chi connectivity index (χ1n) is 4.93. The molecule has 0 bridgehead atoms. The molecule has 0 amide bonds. The Kier molecular flexibility index (Phi) is 4.03. The predicted octanol–water partition coefficient (Wildman–Crippen LogP) is 2.32. The number of benzene rings is 1. The second-order valence-electron chi connectivity index (χ2n) is 3.28. The lowest BCUT2D eigenvalue weighted by Gasteiger charge is -2.03. The zero-order valence-corrected chi connectivity index (χ0v) is 9.28. The van der Waals surface area contributed by atoms with Gasteiger partial charge in [-0.15, -0.1) is 0 Å². The normalized spacial score (nSPS) is 11.3. The molecule has 0 heterocycles. The van der Waals surface area contributed by atoms with E-state index in [2.05, 4.69) is 5.16 Å². The summed E-state index contributed by atoms with van der Waals surface area (Å²) < 4.78 is 0. The first kappa shape index (κ1) is 11.4. The van der Waals surface area contributed by atoms with Crippen molar-refractivity contribution in [1.29, 1.82) is 0 Å². The molecule has 0 aliphatic carbocycles. The van der Waals surface area contributed by atoms with Gasteiger partial charge in [0.05, 0.1) is 0 Å². The third kappa shape index (κ3) is 3.20. The van der Waals surface area contributed by atoms with Gasteiger partial charge in [-0.2, -0.15) is 0 Å². The summed E-state index contributed by atoms with van der Waals surface area (Å²) in [6.45, 7) is 5.77. The maximum Gasteiger partial charge on any atom is 0.182 e. The van der Waals surface area contributed by atoms with E-state index in [1.54, 1.807) is 0 Å². The predicted molar refractivity (Wildman–Crippen MR) is 60.0 cm³/mol. The van der Waals surface area contributed by atoms with Crippen LogP contribution in [0.3, 0.4) is 0 Å². The first-order chi connectivity index (χ1) is 7.15. The number of ketones is 1. The van der Waals surface area contributed by atoms with E-state index >= 15 is 0 Å². The second kappa shape index (κ2) is 5.29. The highest BCUT2D eigenvalue weighted by atomic mass is 16.6. The summed E-state index contributed by atoms with van der Waals surface area (Å²) in [6.07, 6.45) is 0. The molecule has 0 spiro atoms. The van der Waals surface area contributed by atoms with Crippen LogP contribution >= 0.6 is 0 Å². The number of hydrogen-bond donors (Lipinski definition) is 0. The van der Waals surface area contributed by atoms with Gasteiger partial charge >= 0.3 is 0 Å². The van der Waals surface area contributed by atoms with E-state index in [0.717, 1.165) is 11.1 Å². The van der Waals surface area contributed by atoms with Crippen LogP contribution in [0.4, 0.5) is 0 Å². The van der Waals surface area contributed by atoms with Crippen LogP contribution < -0.4 is 0 Å². The molecule has 0 radical (unpaired) electrons. The summed E-state index contributed by atoms with van der Waals surface area (Å²) in [4.78, 5) is 16.2. The number of Topliss-reactive ketones (excluding diaryl/α,β-unsaturated/α-hetero) is 1. The Bertz CT molecular complexity index is 366. The second-order valence-corrected chi connectivity index (χ2v) is 3.28. The molecule has 0 fully saturated rings. The zero-order chi connectivity index (χ0) is 11.3. The molecule has 3 heteroatoms. The molecule has 0 atom stereocenters. The van der Waals surface area contributed by atoms with Crippen LogP contribution in [0, 0.1) is 6.92 Å². The van der Waals surface area contributed by atoms with Crippen molar-refractivity contribution in [3.05, 3.63) is 35.4 Å². The molecule has 1 aromatic rings. The van der Waals surface area contributed by atoms with Gasteiger partial charge in [0.1, 0.15) is 6.61 Å². The van der Waals surface area contributed by atoms with E-state index in [9.17, 15) is 4.79 Å². The number of hydrogen-bond acceptors (Lipinski definition) is 3. The van der Waals surface area contributed by atoms with Gasteiger partial charge in [-0.05, 0) is 13.8 Å². The number of nitrogens with zero attached hydrogens (tertiary/aromatic N) is 1. The van der Waals surface area contributed by atoms with E-state index < -0.39 is 0 Å². The van der Waals surface area contributed by atoms with Gasteiger partial charge in [0.2, 0.25) is 0 Å². The number of carbonyl (C=O) groups is 1. The molecule has 0 unspecified atom stereocenters. The Balaban J connectivity index is 2.99. The number of carbonyl (C=O) groups excluding carboxylic acids is 1. The van der Waals surface area contributed by atoms with E-state index in [-0.39, 0.29) is 5.78 Å². The largest absolute Gasteiger partial charge is 0.396 e. The van der Waals surface area contributed by atoms with Gasteiger partial charge in [-0.25, -0.2) is 0 Å². The highest BCUT2D eigenvalue weighted by Gasteiger charge is 2.09. The third-order valence-corrected chi connectivity index (χ3v) is 1.94. The van der Waals surface area contributed by atoms with Gasteiger partial charge < -0.3 is 4.84 Å². The maximum absolute atomic E-state index is 11.3. The quantitative estimate of drug-likeness (QED) is 0.559. The number of rotatable bonds is 4. The van der Waals surface area contributed by atoms with Gasteiger partial charge in [0, 0.05) is 12.5 Å². The fourth-order valence-corrected chi connectivity index (χ4v) is 1.16. The fraction of sp³-hybridized carbons (Fsp3) is 0.333. The summed E-state index contributed by atoms with van der Waals surface area (Å²) in [5.74, 6) is -0.0905. The van der Waals surface area contributed by atoms with Crippen molar-refractivity contribution in [2.24, 2.45) is 5.16 Å². The molecule has 0 saturated heterocycles. The van der Waals surface area contributed by atoms with Crippen LogP contribution in [-0.4, -0.2) is 18.1 Å². The van der Waals surface area contributed by atoms with Gasteiger partial charge in [-0.1, -0.05) is 35.0 Å². The fourth-order valence-electron chi connectivity index (χ4n) is 1.16. The van der Waals surface area contributed by atoms with Crippen molar-refractivity contribution in [2.75, 3.05) is 6.61 Å². The summed E-state index contributed by atoms with van der Waals surface area (Å²) in [6, 6.07) is 7.63. The monoisotopic (exact) mass is 205 g/mol. The minimum Gasteiger partial charge on any atom is -0.396 e. The zero-order valence-electron chi connectivity index (χ0n) is 9.28. The number of aryl methyl sites for hydroxylation is 1. The Morgan fingerprint density at radius 2 is 1.93 bits per heavy atom. The lowest BCUT2D eigenvalue weighted by molar-refractivity contribution is -0.111. The minimum atomic E-state index is -0.0905. The molecule has 1 aromatic carbocycles. The molecule has 0 aliphatic heterocycles. The van der Waals surface area contributed by atoms with Crippen LogP contribution in [0.25, 0.3) is 0 Å². The average molecular weight is 205 g/mol. The minimum absolute atomic E-state index is 0.0905. The van der Waals surface area contributed by atoms with Crippen LogP contribution in [0.2, 0.25) is 0 Å². The van der Waals surface area contributed by atoms with Crippen LogP contribution in [0.5, 0.6) is 0 Å². The molecular formula is C12H15NO2. The van der Waals surface area contributed by atoms with Crippen molar-refractivity contribution in [1.82, 2.24) is 0 Å². The first-order valence-corrected chi connectivity index (χ1v) is 4.93. The van der Waals surface area contributed by atoms with Crippen LogP contribution in [0.1, 0.15) is 25.0 Å². The molecule has 1 rings (SSSR count). The van der Waals surface area contributed by atoms with Crippen LogP contribution in [0.15, 0.2) is 29.4 Å². The Hall–Kier alpha value is -1.64. The molecule has 80 valence electrons. The smallest absolute Gasteiger partial charge is 0.182 e. The third-order valence-electron chi connectivity index (χ3n) is 1.94. The van der Waals surface area contributed by atoms with Gasteiger partial charge in [-0.3, -0.25) is 4.79 Å². The van der Waals surface area contributed by atoms with Crippen molar-refractivity contribution < 1.29 is 9.63 Å². The van der Waals surface area contributed by atoms with E-state index in [1.807, 2.05) is 38.1 Å². The Labute approximate surface area is 89.7 Å². The van der Waals surface area contributed by atoms with E-state index in [0.29, 0.717) is 12.3 Å². The van der Waals surface area contributed by atoms with Gasteiger partial charge in [0.15, 0.2) is 11.5 Å². The summed E-state index contributed by atoms with van der Waals surface area (Å²) in [5, 5.41) is 3.81. The topological polar surface area (TPSA) is 38.7 Å².